The molecule has 38 heavy (non-hydrogen) atoms. The molecule has 194 valence electrons. The Bertz CT molecular complexity index is 1400. The largest absolute Gasteiger partial charge is 0.497 e. The minimum Gasteiger partial charge on any atom is -0.497 e. The van der Waals surface area contributed by atoms with Gasteiger partial charge in [-0.15, -0.1) is 0 Å². The van der Waals surface area contributed by atoms with Gasteiger partial charge in [0.1, 0.15) is 12.0 Å². The minimum atomic E-state index is -1.22. The fourth-order valence-corrected chi connectivity index (χ4v) is 4.13. The van der Waals surface area contributed by atoms with Crippen molar-refractivity contribution in [1.82, 2.24) is 0 Å². The van der Waals surface area contributed by atoms with E-state index >= 15 is 0 Å². The molecule has 1 aliphatic heterocycles. The second-order valence-corrected chi connectivity index (χ2v) is 8.68. The average molecular weight is 514 g/mol. The van der Waals surface area contributed by atoms with Gasteiger partial charge >= 0.3 is 5.97 Å². The molecule has 0 radical (unpaired) electrons. The zero-order valence-electron chi connectivity index (χ0n) is 21.0. The van der Waals surface area contributed by atoms with Gasteiger partial charge < -0.3 is 24.6 Å². The third kappa shape index (κ3) is 6.47. The highest BCUT2D eigenvalue weighted by Gasteiger charge is 2.28. The quantitative estimate of drug-likeness (QED) is 0.293. The Hall–Kier alpha value is -4.85. The lowest BCUT2D eigenvalue weighted by molar-refractivity contribution is -0.132. The van der Waals surface area contributed by atoms with Gasteiger partial charge in [0, 0.05) is 24.6 Å². The molecule has 0 bridgehead atoms. The van der Waals surface area contributed by atoms with Crippen LogP contribution < -0.4 is 10.1 Å². The fourth-order valence-electron chi connectivity index (χ4n) is 4.13. The zero-order chi connectivity index (χ0) is 27.1. The van der Waals surface area contributed by atoms with E-state index in [4.69, 9.17) is 14.2 Å². The number of Topliss-reactive ketones (excluding diaryl/α,β-unsaturated/α-hetero) is 1. The number of nitrogens with one attached hydrogen (secondary N) is 1. The summed E-state index contributed by atoms with van der Waals surface area (Å²) in [6.45, 7) is 1.36. The molecule has 3 aromatic carbocycles. The number of carboxylic acids is 1. The predicted molar refractivity (Wildman–Crippen MR) is 141 cm³/mol. The highest BCUT2D eigenvalue weighted by Crippen LogP contribution is 2.28. The molecular formula is C30H27NO7. The van der Waals surface area contributed by atoms with Gasteiger partial charge in [0.2, 0.25) is 12.7 Å². The molecule has 0 saturated carbocycles. The number of ether oxygens (including phenoxy) is 3. The van der Waals surface area contributed by atoms with Crippen LogP contribution in [-0.4, -0.2) is 36.7 Å². The van der Waals surface area contributed by atoms with Crippen molar-refractivity contribution in [2.45, 2.75) is 19.8 Å². The van der Waals surface area contributed by atoms with Crippen LogP contribution in [-0.2, 0) is 31.9 Å². The number of ketones is 1. The molecule has 8 nitrogen and oxygen atoms in total. The highest BCUT2D eigenvalue weighted by molar-refractivity contribution is 6.15. The molecule has 3 aromatic rings. The van der Waals surface area contributed by atoms with Crippen LogP contribution in [0.25, 0.3) is 0 Å². The smallest absolute Gasteiger partial charge is 0.332 e. The monoisotopic (exact) mass is 513 g/mol. The average Bonchev–Trinajstić information content (AvgIpc) is 3.44. The molecule has 1 heterocycles. The molecule has 2 N–H and O–H groups in total. The van der Waals surface area contributed by atoms with Crippen molar-refractivity contribution in [1.29, 1.82) is 0 Å². The summed E-state index contributed by atoms with van der Waals surface area (Å²) in [5.74, 6) is -1.19. The number of carboxylic acid groups (broad SMARTS) is 1. The van der Waals surface area contributed by atoms with E-state index in [0.29, 0.717) is 23.4 Å². The first-order chi connectivity index (χ1) is 18.3. The van der Waals surface area contributed by atoms with E-state index in [9.17, 15) is 19.5 Å². The van der Waals surface area contributed by atoms with Crippen LogP contribution in [0.5, 0.6) is 5.75 Å². The number of methoxy groups -OCH3 is 1. The molecule has 0 spiro atoms. The highest BCUT2D eigenvalue weighted by atomic mass is 16.7. The van der Waals surface area contributed by atoms with Gasteiger partial charge in [0.05, 0.1) is 18.3 Å². The number of amides is 1. The molecule has 0 fully saturated rings. The second kappa shape index (κ2) is 11.9. The van der Waals surface area contributed by atoms with Gasteiger partial charge in [0.15, 0.2) is 11.5 Å². The lowest BCUT2D eigenvalue weighted by Gasteiger charge is -2.13. The van der Waals surface area contributed by atoms with E-state index in [-0.39, 0.29) is 36.0 Å². The topological polar surface area (TPSA) is 111 Å². The van der Waals surface area contributed by atoms with Crippen molar-refractivity contribution in [2.75, 3.05) is 19.2 Å². The van der Waals surface area contributed by atoms with Crippen molar-refractivity contribution in [3.8, 4) is 5.75 Å². The number of hydrogen-bond acceptors (Lipinski definition) is 6. The third-order valence-corrected chi connectivity index (χ3v) is 5.91. The van der Waals surface area contributed by atoms with Gasteiger partial charge in [-0.25, -0.2) is 4.79 Å². The van der Waals surface area contributed by atoms with Gasteiger partial charge in [-0.05, 0) is 59.5 Å². The molecular weight excluding hydrogens is 486 g/mol. The number of allylic oxidation sites excluding steroid dienone is 1. The Morgan fingerprint density at radius 2 is 1.66 bits per heavy atom. The minimum absolute atomic E-state index is 0.00255. The Morgan fingerprint density at radius 3 is 2.26 bits per heavy atom. The van der Waals surface area contributed by atoms with Crippen LogP contribution in [0.1, 0.15) is 34.0 Å². The van der Waals surface area contributed by atoms with E-state index < -0.39 is 11.8 Å². The van der Waals surface area contributed by atoms with Crippen molar-refractivity contribution >= 4 is 23.3 Å². The molecule has 4 rings (SSSR count). The standard InChI is InChI=1S/C30H27NO7/c1-19(32)31-24-10-6-20(7-11-24)14-21-4-3-5-22(15-21)16-26(30(34)35)28(27-17-37-18-38-27)29(33)23-8-12-25(36-2)13-9-23/h3-13,15,17H,14,16,18H2,1-2H3,(H,31,32)(H,34,35). The predicted octanol–water partition coefficient (Wildman–Crippen LogP) is 4.90. The number of carbonyl (C=O) groups is 3. The maximum atomic E-state index is 13.5. The summed E-state index contributed by atoms with van der Waals surface area (Å²) in [5, 5.41) is 12.9. The number of benzene rings is 3. The van der Waals surface area contributed by atoms with Crippen LogP contribution in [0.3, 0.4) is 0 Å². The van der Waals surface area contributed by atoms with Crippen LogP contribution in [0.2, 0.25) is 0 Å². The van der Waals surface area contributed by atoms with Crippen molar-refractivity contribution in [3.63, 3.8) is 0 Å². The Labute approximate surface area is 220 Å². The van der Waals surface area contributed by atoms with E-state index in [1.54, 1.807) is 24.3 Å². The molecule has 0 atom stereocenters. The van der Waals surface area contributed by atoms with Gasteiger partial charge in [-0.3, -0.25) is 9.59 Å². The first kappa shape index (κ1) is 26.2. The Kier molecular flexibility index (Phi) is 8.23. The van der Waals surface area contributed by atoms with Crippen molar-refractivity contribution in [3.05, 3.63) is 118 Å². The number of carbonyl (C=O) groups excluding carboxylic acids is 2. The summed E-state index contributed by atoms with van der Waals surface area (Å²) in [6, 6.07) is 21.5. The normalized spacial score (nSPS) is 12.9. The molecule has 0 unspecified atom stereocenters. The van der Waals surface area contributed by atoms with E-state index in [2.05, 4.69) is 5.32 Å². The SMILES string of the molecule is COc1ccc(C(=O)C(C2=COCO2)=C(Cc2cccc(Cc3ccc(NC(C)=O)cc3)c2)C(=O)O)cc1. The number of anilines is 1. The Morgan fingerprint density at radius 1 is 0.947 bits per heavy atom. The molecule has 0 aliphatic carbocycles. The van der Waals surface area contributed by atoms with Gasteiger partial charge in [-0.1, -0.05) is 36.4 Å². The number of hydrogen-bond donors (Lipinski definition) is 2. The summed E-state index contributed by atoms with van der Waals surface area (Å²) in [5.41, 5.74) is 3.59. The van der Waals surface area contributed by atoms with Crippen LogP contribution in [0.4, 0.5) is 5.69 Å². The second-order valence-electron chi connectivity index (χ2n) is 8.68. The summed E-state index contributed by atoms with van der Waals surface area (Å²) < 4.78 is 15.8. The lowest BCUT2D eigenvalue weighted by Crippen LogP contribution is -2.16. The maximum absolute atomic E-state index is 13.5. The van der Waals surface area contributed by atoms with Crippen molar-refractivity contribution in [2.24, 2.45) is 0 Å². The summed E-state index contributed by atoms with van der Waals surface area (Å²) in [6.07, 6.45) is 1.88. The van der Waals surface area contributed by atoms with Crippen LogP contribution in [0, 0.1) is 0 Å². The summed E-state index contributed by atoms with van der Waals surface area (Å²) in [4.78, 5) is 37.2. The first-order valence-electron chi connectivity index (χ1n) is 11.9. The number of aliphatic carboxylic acids is 1. The summed E-state index contributed by atoms with van der Waals surface area (Å²) >= 11 is 0. The molecule has 0 saturated heterocycles. The van der Waals surface area contributed by atoms with E-state index in [1.165, 1.54) is 20.3 Å². The molecule has 1 amide bonds. The number of rotatable bonds is 10. The Balaban J connectivity index is 1.63. The van der Waals surface area contributed by atoms with Gasteiger partial charge in [0.25, 0.3) is 0 Å². The van der Waals surface area contributed by atoms with Crippen molar-refractivity contribution < 1.29 is 33.7 Å². The van der Waals surface area contributed by atoms with Crippen LogP contribution >= 0.6 is 0 Å². The zero-order valence-corrected chi connectivity index (χ0v) is 21.0. The third-order valence-electron chi connectivity index (χ3n) is 5.91. The lowest BCUT2D eigenvalue weighted by atomic mass is 9.92. The van der Waals surface area contributed by atoms with E-state index in [1.807, 2.05) is 48.5 Å². The van der Waals surface area contributed by atoms with Crippen LogP contribution in [0.15, 0.2) is 96.0 Å². The molecule has 1 aliphatic rings. The van der Waals surface area contributed by atoms with Gasteiger partial charge in [-0.2, -0.15) is 0 Å². The summed E-state index contributed by atoms with van der Waals surface area (Å²) in [7, 11) is 1.52. The fraction of sp³-hybridized carbons (Fsp3) is 0.167. The molecule has 8 heteroatoms. The first-order valence-corrected chi connectivity index (χ1v) is 11.9. The molecule has 0 aromatic heterocycles. The van der Waals surface area contributed by atoms with E-state index in [0.717, 1.165) is 16.7 Å². The maximum Gasteiger partial charge on any atom is 0.332 e.